The van der Waals surface area contributed by atoms with E-state index in [-0.39, 0.29) is 6.61 Å². The molecule has 2 aromatic rings. The number of hydrogen-bond acceptors (Lipinski definition) is 5. The lowest BCUT2D eigenvalue weighted by Gasteiger charge is -2.10. The minimum atomic E-state index is -0.188. The van der Waals surface area contributed by atoms with E-state index >= 15 is 0 Å². The van der Waals surface area contributed by atoms with E-state index in [9.17, 15) is 0 Å². The Bertz CT molecular complexity index is 544. The van der Waals surface area contributed by atoms with Gasteiger partial charge in [0.15, 0.2) is 5.82 Å². The van der Waals surface area contributed by atoms with Crippen LogP contribution in [0, 0.1) is 0 Å². The summed E-state index contributed by atoms with van der Waals surface area (Å²) >= 11 is 0. The zero-order valence-corrected chi connectivity index (χ0v) is 10.3. The molecule has 0 radical (unpaired) electrons. The molecule has 0 bridgehead atoms. The van der Waals surface area contributed by atoms with Crippen LogP contribution in [0.4, 0.5) is 0 Å². The molecule has 0 atom stereocenters. The Kier molecular flexibility index (Phi) is 3.74. The summed E-state index contributed by atoms with van der Waals surface area (Å²) in [6.07, 6.45) is 1.61. The molecule has 1 heterocycles. The predicted octanol–water partition coefficient (Wildman–Crippen LogP) is 1.65. The number of nitrogens with zero attached hydrogens (tertiary/aromatic N) is 2. The quantitative estimate of drug-likeness (QED) is 0.888. The molecule has 0 fully saturated rings. The van der Waals surface area contributed by atoms with Gasteiger partial charge in [0, 0.05) is 17.8 Å². The van der Waals surface area contributed by atoms with Gasteiger partial charge in [-0.1, -0.05) is 0 Å². The predicted molar refractivity (Wildman–Crippen MR) is 66.5 cm³/mol. The van der Waals surface area contributed by atoms with Gasteiger partial charge < -0.3 is 14.6 Å². The van der Waals surface area contributed by atoms with Crippen LogP contribution in [0.3, 0.4) is 0 Å². The van der Waals surface area contributed by atoms with E-state index < -0.39 is 0 Å². The molecular weight excluding hydrogens is 232 g/mol. The van der Waals surface area contributed by atoms with Crippen molar-refractivity contribution < 1.29 is 14.6 Å². The van der Waals surface area contributed by atoms with Crippen molar-refractivity contribution in [1.29, 1.82) is 0 Å². The number of aromatic nitrogens is 2. The van der Waals surface area contributed by atoms with Crippen LogP contribution in [-0.4, -0.2) is 29.3 Å². The van der Waals surface area contributed by atoms with Crippen molar-refractivity contribution >= 4 is 0 Å². The highest BCUT2D eigenvalue weighted by Crippen LogP contribution is 2.31. The number of rotatable bonds is 4. The van der Waals surface area contributed by atoms with Gasteiger partial charge in [0.05, 0.1) is 19.9 Å². The monoisotopic (exact) mass is 246 g/mol. The number of methoxy groups -OCH3 is 2. The molecule has 18 heavy (non-hydrogen) atoms. The van der Waals surface area contributed by atoms with Gasteiger partial charge in [-0.05, 0) is 18.2 Å². The Morgan fingerprint density at radius 3 is 2.67 bits per heavy atom. The number of aliphatic hydroxyl groups is 1. The van der Waals surface area contributed by atoms with Gasteiger partial charge in [-0.15, -0.1) is 0 Å². The Labute approximate surface area is 105 Å². The third kappa shape index (κ3) is 2.41. The lowest BCUT2D eigenvalue weighted by atomic mass is 10.1. The molecule has 0 aliphatic rings. The third-order valence-electron chi connectivity index (χ3n) is 2.53. The molecular formula is C13H14N2O3. The Hall–Kier alpha value is -2.14. The molecule has 1 N–H and O–H groups in total. The van der Waals surface area contributed by atoms with E-state index in [1.807, 2.05) is 12.1 Å². The van der Waals surface area contributed by atoms with Crippen molar-refractivity contribution in [2.75, 3.05) is 14.2 Å². The molecule has 0 saturated heterocycles. The van der Waals surface area contributed by atoms with Crippen molar-refractivity contribution in [1.82, 2.24) is 9.97 Å². The Morgan fingerprint density at radius 2 is 2.00 bits per heavy atom. The highest BCUT2D eigenvalue weighted by molar-refractivity contribution is 5.68. The molecule has 0 amide bonds. The highest BCUT2D eigenvalue weighted by Gasteiger charge is 2.09. The number of ether oxygens (including phenoxy) is 2. The molecule has 5 heteroatoms. The molecule has 0 saturated carbocycles. The maximum atomic E-state index is 9.04. The van der Waals surface area contributed by atoms with Crippen molar-refractivity contribution in [3.63, 3.8) is 0 Å². The van der Waals surface area contributed by atoms with Crippen LogP contribution in [0.15, 0.2) is 30.5 Å². The van der Waals surface area contributed by atoms with Gasteiger partial charge in [-0.25, -0.2) is 9.97 Å². The van der Waals surface area contributed by atoms with Crippen LogP contribution in [0.1, 0.15) is 5.82 Å². The van der Waals surface area contributed by atoms with Crippen LogP contribution in [0.5, 0.6) is 11.5 Å². The van der Waals surface area contributed by atoms with Crippen molar-refractivity contribution in [3.8, 4) is 22.8 Å². The summed E-state index contributed by atoms with van der Waals surface area (Å²) in [5.41, 5.74) is 1.53. The summed E-state index contributed by atoms with van der Waals surface area (Å²) in [4.78, 5) is 8.19. The smallest absolute Gasteiger partial charge is 0.154 e. The maximum Gasteiger partial charge on any atom is 0.154 e. The zero-order chi connectivity index (χ0) is 13.0. The average molecular weight is 246 g/mol. The summed E-state index contributed by atoms with van der Waals surface area (Å²) in [6, 6.07) is 7.25. The van der Waals surface area contributed by atoms with Crippen molar-refractivity contribution in [2.24, 2.45) is 0 Å². The van der Waals surface area contributed by atoms with Crippen LogP contribution in [0.2, 0.25) is 0 Å². The van der Waals surface area contributed by atoms with E-state index in [1.54, 1.807) is 32.5 Å². The fourth-order valence-electron chi connectivity index (χ4n) is 1.64. The van der Waals surface area contributed by atoms with Crippen LogP contribution in [0.25, 0.3) is 11.3 Å². The van der Waals surface area contributed by atoms with E-state index in [4.69, 9.17) is 14.6 Å². The second-order valence-electron chi connectivity index (χ2n) is 3.58. The fraction of sp³-hybridized carbons (Fsp3) is 0.231. The Morgan fingerprint density at radius 1 is 1.17 bits per heavy atom. The SMILES string of the molecule is COc1ccc(-c2ccnc(CO)n2)c(OC)c1. The lowest BCUT2D eigenvalue weighted by molar-refractivity contribution is 0.271. The molecule has 5 nitrogen and oxygen atoms in total. The summed E-state index contributed by atoms with van der Waals surface area (Å²) in [5.74, 6) is 1.76. The first-order valence-electron chi connectivity index (χ1n) is 5.43. The molecule has 0 spiro atoms. The molecule has 0 aliphatic heterocycles. The fourth-order valence-corrected chi connectivity index (χ4v) is 1.64. The first kappa shape index (κ1) is 12.3. The molecule has 0 unspecified atom stereocenters. The van der Waals surface area contributed by atoms with Crippen LogP contribution in [-0.2, 0) is 6.61 Å². The second kappa shape index (κ2) is 5.46. The maximum absolute atomic E-state index is 9.04. The number of aliphatic hydroxyl groups excluding tert-OH is 1. The van der Waals surface area contributed by atoms with Gasteiger partial charge >= 0.3 is 0 Å². The van der Waals surface area contributed by atoms with Gasteiger partial charge in [-0.2, -0.15) is 0 Å². The summed E-state index contributed by atoms with van der Waals surface area (Å²) < 4.78 is 10.5. The minimum absolute atomic E-state index is 0.188. The van der Waals surface area contributed by atoms with E-state index in [0.29, 0.717) is 23.0 Å². The van der Waals surface area contributed by atoms with Crippen LogP contribution < -0.4 is 9.47 Å². The largest absolute Gasteiger partial charge is 0.497 e. The van der Waals surface area contributed by atoms with Crippen LogP contribution >= 0.6 is 0 Å². The molecule has 0 aliphatic carbocycles. The summed E-state index contributed by atoms with van der Waals surface area (Å²) in [5, 5.41) is 9.04. The van der Waals surface area contributed by atoms with E-state index in [1.165, 1.54) is 0 Å². The number of hydrogen-bond donors (Lipinski definition) is 1. The first-order valence-corrected chi connectivity index (χ1v) is 5.43. The minimum Gasteiger partial charge on any atom is -0.497 e. The first-order chi connectivity index (χ1) is 8.78. The third-order valence-corrected chi connectivity index (χ3v) is 2.53. The molecule has 94 valence electrons. The molecule has 1 aromatic carbocycles. The van der Waals surface area contributed by atoms with E-state index in [0.717, 1.165) is 5.56 Å². The second-order valence-corrected chi connectivity index (χ2v) is 3.58. The van der Waals surface area contributed by atoms with Crippen molar-refractivity contribution in [3.05, 3.63) is 36.3 Å². The summed E-state index contributed by atoms with van der Waals surface area (Å²) in [6.45, 7) is -0.188. The van der Waals surface area contributed by atoms with Gasteiger partial charge in [-0.3, -0.25) is 0 Å². The van der Waals surface area contributed by atoms with Crippen molar-refractivity contribution in [2.45, 2.75) is 6.61 Å². The van der Waals surface area contributed by atoms with E-state index in [2.05, 4.69) is 9.97 Å². The lowest BCUT2D eigenvalue weighted by Crippen LogP contribution is -1.97. The average Bonchev–Trinajstić information content (AvgIpc) is 2.46. The molecule has 2 rings (SSSR count). The number of benzene rings is 1. The summed E-state index contributed by atoms with van der Waals surface area (Å²) in [7, 11) is 3.19. The standard InChI is InChI=1S/C13H14N2O3/c1-17-9-3-4-10(12(7-9)18-2)11-5-6-14-13(8-16)15-11/h3-7,16H,8H2,1-2H3. The van der Waals surface area contributed by atoms with Gasteiger partial charge in [0.1, 0.15) is 18.1 Å². The van der Waals surface area contributed by atoms with Gasteiger partial charge in [0.25, 0.3) is 0 Å². The van der Waals surface area contributed by atoms with Gasteiger partial charge in [0.2, 0.25) is 0 Å². The highest BCUT2D eigenvalue weighted by atomic mass is 16.5. The molecule has 1 aromatic heterocycles. The topological polar surface area (TPSA) is 64.5 Å². The normalized spacial score (nSPS) is 10.2. The Balaban J connectivity index is 2.48. The zero-order valence-electron chi connectivity index (χ0n) is 10.3.